The first-order valence-electron chi connectivity index (χ1n) is 7.53. The van der Waals surface area contributed by atoms with Gasteiger partial charge in [-0.25, -0.2) is 8.42 Å². The molecule has 1 heterocycles. The van der Waals surface area contributed by atoms with E-state index in [1.807, 2.05) is 24.3 Å². The van der Waals surface area contributed by atoms with Gasteiger partial charge in [0.1, 0.15) is 5.75 Å². The molecule has 0 radical (unpaired) electrons. The van der Waals surface area contributed by atoms with Crippen molar-refractivity contribution in [3.05, 3.63) is 59.7 Å². The van der Waals surface area contributed by atoms with Crippen LogP contribution in [0.1, 0.15) is 28.4 Å². The van der Waals surface area contributed by atoms with Crippen LogP contribution in [-0.4, -0.2) is 27.2 Å². The minimum atomic E-state index is -3.46. The van der Waals surface area contributed by atoms with Crippen molar-refractivity contribution in [2.75, 3.05) is 17.6 Å². The van der Waals surface area contributed by atoms with E-state index < -0.39 is 10.0 Å². The summed E-state index contributed by atoms with van der Waals surface area (Å²) in [5, 5.41) is 2.96. The molecular weight excluding hydrogens is 328 g/mol. The summed E-state index contributed by atoms with van der Waals surface area (Å²) in [7, 11) is -3.46. The van der Waals surface area contributed by atoms with E-state index in [0.717, 1.165) is 17.6 Å². The number of nitrogens with one attached hydrogen (secondary N) is 2. The van der Waals surface area contributed by atoms with Gasteiger partial charge in [0.05, 0.1) is 30.2 Å². The van der Waals surface area contributed by atoms with Crippen LogP contribution in [0.5, 0.6) is 5.75 Å². The van der Waals surface area contributed by atoms with Gasteiger partial charge in [0.15, 0.2) is 0 Å². The van der Waals surface area contributed by atoms with E-state index in [1.54, 1.807) is 24.3 Å². The molecule has 0 unspecified atom stereocenters. The number of benzene rings is 2. The largest absolute Gasteiger partial charge is 0.493 e. The highest BCUT2D eigenvalue weighted by Crippen LogP contribution is 2.32. The van der Waals surface area contributed by atoms with Gasteiger partial charge in [-0.1, -0.05) is 30.3 Å². The van der Waals surface area contributed by atoms with Gasteiger partial charge >= 0.3 is 0 Å². The zero-order valence-corrected chi connectivity index (χ0v) is 14.0. The van der Waals surface area contributed by atoms with Gasteiger partial charge in [-0.15, -0.1) is 0 Å². The fourth-order valence-corrected chi connectivity index (χ4v) is 3.28. The predicted octanol–water partition coefficient (Wildman–Crippen LogP) is 2.31. The topological polar surface area (TPSA) is 84.5 Å². The molecule has 0 fully saturated rings. The average Bonchev–Trinajstić information content (AvgIpc) is 2.54. The molecule has 6 nitrogen and oxygen atoms in total. The maximum absolute atomic E-state index is 12.6. The summed E-state index contributed by atoms with van der Waals surface area (Å²) in [6, 6.07) is 13.9. The Balaban J connectivity index is 1.84. The molecule has 1 atom stereocenters. The fraction of sp³-hybridized carbons (Fsp3) is 0.235. The number of carbonyl (C=O) groups is 1. The molecule has 3 rings (SSSR count). The van der Waals surface area contributed by atoms with Gasteiger partial charge < -0.3 is 10.1 Å². The summed E-state index contributed by atoms with van der Waals surface area (Å²) in [5.74, 6) is 0.431. The zero-order chi connectivity index (χ0) is 17.2. The number of para-hydroxylation sites is 2. The number of sulfonamides is 1. The molecule has 0 bridgehead atoms. The van der Waals surface area contributed by atoms with Crippen molar-refractivity contribution in [2.24, 2.45) is 0 Å². The van der Waals surface area contributed by atoms with Crippen LogP contribution < -0.4 is 14.8 Å². The molecule has 2 aromatic carbocycles. The second kappa shape index (κ2) is 6.52. The molecule has 0 spiro atoms. The molecule has 126 valence electrons. The Morgan fingerprint density at radius 1 is 1.12 bits per heavy atom. The average molecular weight is 346 g/mol. The quantitative estimate of drug-likeness (QED) is 0.890. The summed E-state index contributed by atoms with van der Waals surface area (Å²) < 4.78 is 30.9. The van der Waals surface area contributed by atoms with Gasteiger partial charge in [-0.2, -0.15) is 0 Å². The molecule has 0 saturated carbocycles. The summed E-state index contributed by atoms with van der Waals surface area (Å²) >= 11 is 0. The number of hydrogen-bond acceptors (Lipinski definition) is 4. The zero-order valence-electron chi connectivity index (χ0n) is 13.2. The minimum absolute atomic E-state index is 0.172. The van der Waals surface area contributed by atoms with Crippen molar-refractivity contribution in [3.63, 3.8) is 0 Å². The second-order valence-corrected chi connectivity index (χ2v) is 7.37. The van der Waals surface area contributed by atoms with Gasteiger partial charge in [-0.3, -0.25) is 9.52 Å². The molecular formula is C17H18N2O4S. The van der Waals surface area contributed by atoms with Gasteiger partial charge in [-0.05, 0) is 18.2 Å². The lowest BCUT2D eigenvalue weighted by molar-refractivity contribution is 0.0925. The maximum Gasteiger partial charge on any atom is 0.253 e. The third-order valence-corrected chi connectivity index (χ3v) is 4.32. The van der Waals surface area contributed by atoms with E-state index in [2.05, 4.69) is 10.0 Å². The van der Waals surface area contributed by atoms with Crippen LogP contribution in [0.3, 0.4) is 0 Å². The Morgan fingerprint density at radius 3 is 2.62 bits per heavy atom. The Labute approximate surface area is 140 Å². The molecule has 2 N–H and O–H groups in total. The van der Waals surface area contributed by atoms with Crippen LogP contribution in [0.4, 0.5) is 5.69 Å². The standard InChI is InChI=1S/C17H18N2O4S/c1-24(21,22)19-15-8-4-2-7-13(15)17(20)18-14-10-11-23-16-9-5-3-6-12(14)16/h2-9,14,19H,10-11H2,1H3,(H,18,20)/t14-/m1/s1. The number of anilines is 1. The number of amides is 1. The van der Waals surface area contributed by atoms with Gasteiger partial charge in [0.25, 0.3) is 5.91 Å². The highest BCUT2D eigenvalue weighted by molar-refractivity contribution is 7.92. The number of hydrogen-bond donors (Lipinski definition) is 2. The number of rotatable bonds is 4. The Hall–Kier alpha value is -2.54. The number of fused-ring (bicyclic) bond motifs is 1. The Morgan fingerprint density at radius 2 is 1.83 bits per heavy atom. The smallest absolute Gasteiger partial charge is 0.253 e. The van der Waals surface area contributed by atoms with E-state index >= 15 is 0 Å². The van der Waals surface area contributed by atoms with Crippen molar-refractivity contribution in [3.8, 4) is 5.75 Å². The first-order valence-corrected chi connectivity index (χ1v) is 9.42. The third kappa shape index (κ3) is 3.68. The molecule has 24 heavy (non-hydrogen) atoms. The van der Waals surface area contributed by atoms with Crippen LogP contribution in [0, 0.1) is 0 Å². The molecule has 1 aliphatic heterocycles. The lowest BCUT2D eigenvalue weighted by Crippen LogP contribution is -2.32. The van der Waals surface area contributed by atoms with E-state index in [-0.39, 0.29) is 23.2 Å². The second-order valence-electron chi connectivity index (χ2n) is 5.62. The van der Waals surface area contributed by atoms with Crippen LogP contribution in [0.15, 0.2) is 48.5 Å². The van der Waals surface area contributed by atoms with Crippen molar-refractivity contribution in [1.29, 1.82) is 0 Å². The van der Waals surface area contributed by atoms with Crippen molar-refractivity contribution in [2.45, 2.75) is 12.5 Å². The minimum Gasteiger partial charge on any atom is -0.493 e. The van der Waals surface area contributed by atoms with E-state index in [9.17, 15) is 13.2 Å². The molecule has 0 aliphatic carbocycles. The maximum atomic E-state index is 12.6. The molecule has 2 aromatic rings. The first-order chi connectivity index (χ1) is 11.4. The SMILES string of the molecule is CS(=O)(=O)Nc1ccccc1C(=O)N[C@@H]1CCOc2ccccc21. The van der Waals surface area contributed by atoms with E-state index in [1.165, 1.54) is 0 Å². The summed E-state index contributed by atoms with van der Waals surface area (Å²) in [4.78, 5) is 12.6. The fourth-order valence-electron chi connectivity index (χ4n) is 2.70. The molecule has 0 saturated heterocycles. The van der Waals surface area contributed by atoms with Crippen LogP contribution >= 0.6 is 0 Å². The molecule has 0 aromatic heterocycles. The third-order valence-electron chi connectivity index (χ3n) is 3.73. The van der Waals surface area contributed by atoms with Crippen molar-refractivity contribution < 1.29 is 17.9 Å². The van der Waals surface area contributed by atoms with Gasteiger partial charge in [0, 0.05) is 12.0 Å². The van der Waals surface area contributed by atoms with Crippen molar-refractivity contribution >= 4 is 21.6 Å². The lowest BCUT2D eigenvalue weighted by atomic mass is 10.00. The number of carbonyl (C=O) groups excluding carboxylic acids is 1. The summed E-state index contributed by atoms with van der Waals surface area (Å²) in [6.45, 7) is 0.519. The normalized spacial score (nSPS) is 16.6. The summed E-state index contributed by atoms with van der Waals surface area (Å²) in [5.41, 5.74) is 1.47. The molecule has 7 heteroatoms. The van der Waals surface area contributed by atoms with Crippen LogP contribution in [0.2, 0.25) is 0 Å². The van der Waals surface area contributed by atoms with Gasteiger partial charge in [0.2, 0.25) is 10.0 Å². The predicted molar refractivity (Wildman–Crippen MR) is 91.7 cm³/mol. The molecule has 1 amide bonds. The lowest BCUT2D eigenvalue weighted by Gasteiger charge is -2.27. The number of ether oxygens (including phenoxy) is 1. The van der Waals surface area contributed by atoms with Crippen molar-refractivity contribution in [1.82, 2.24) is 5.32 Å². The van der Waals surface area contributed by atoms with Crippen LogP contribution in [-0.2, 0) is 10.0 Å². The summed E-state index contributed by atoms with van der Waals surface area (Å²) in [6.07, 6.45) is 1.71. The highest BCUT2D eigenvalue weighted by atomic mass is 32.2. The van der Waals surface area contributed by atoms with E-state index in [0.29, 0.717) is 13.0 Å². The first kappa shape index (κ1) is 16.3. The molecule has 1 aliphatic rings. The Kier molecular flexibility index (Phi) is 4.44. The van der Waals surface area contributed by atoms with Crippen LogP contribution in [0.25, 0.3) is 0 Å². The van der Waals surface area contributed by atoms with E-state index in [4.69, 9.17) is 4.74 Å². The Bertz CT molecular complexity index is 864. The highest BCUT2D eigenvalue weighted by Gasteiger charge is 2.24. The monoisotopic (exact) mass is 346 g/mol.